The van der Waals surface area contributed by atoms with Crippen molar-refractivity contribution in [2.75, 3.05) is 13.7 Å². The number of carbonyl (C=O) groups is 1. The maximum atomic E-state index is 12.1. The Morgan fingerprint density at radius 3 is 1.60 bits per heavy atom. The van der Waals surface area contributed by atoms with Crippen LogP contribution in [-0.4, -0.2) is 26.9 Å². The first-order valence-electron chi connectivity index (χ1n) is 15.5. The van der Waals surface area contributed by atoms with Gasteiger partial charge in [0, 0.05) is 18.4 Å². The highest BCUT2D eigenvalue weighted by molar-refractivity contribution is 7.60. The minimum Gasteiger partial charge on any atom is -0.496 e. The van der Waals surface area contributed by atoms with Crippen molar-refractivity contribution in [1.82, 2.24) is 0 Å². The van der Waals surface area contributed by atoms with Crippen molar-refractivity contribution < 1.29 is 31.5 Å². The topological polar surface area (TPSA) is 35.5 Å². The molecule has 0 saturated heterocycles. The van der Waals surface area contributed by atoms with Crippen LogP contribution < -0.4 is 4.74 Å². The molecule has 0 radical (unpaired) electrons. The number of ether oxygens (including phenoxy) is 2. The van der Waals surface area contributed by atoms with Gasteiger partial charge in [0.1, 0.15) is 5.75 Å². The third-order valence-electron chi connectivity index (χ3n) is 7.11. The zero-order valence-electron chi connectivity index (χ0n) is 25.5. The smallest absolute Gasteiger partial charge is 0.496 e. The van der Waals surface area contributed by atoms with Gasteiger partial charge in [-0.05, 0) is 44.2 Å². The minimum absolute atomic E-state index is 0.121. The molecule has 40 heavy (non-hydrogen) atoms. The average molecular weight is 595 g/mol. The van der Waals surface area contributed by atoms with E-state index in [-0.39, 0.29) is 10.7 Å². The van der Waals surface area contributed by atoms with E-state index in [1.807, 2.05) is 25.1 Å². The van der Waals surface area contributed by atoms with Gasteiger partial charge in [-0.15, -0.1) is 0 Å². The summed E-state index contributed by atoms with van der Waals surface area (Å²) in [5, 5.41) is 0. The van der Waals surface area contributed by atoms with E-state index in [0.717, 1.165) is 30.6 Å². The zero-order valence-corrected chi connectivity index (χ0v) is 26.5. The van der Waals surface area contributed by atoms with E-state index < -0.39 is 7.25 Å². The Morgan fingerprint density at radius 2 is 1.20 bits per heavy atom. The molecule has 0 aliphatic carbocycles. The van der Waals surface area contributed by atoms with Gasteiger partial charge in [0.05, 0.1) is 19.3 Å². The summed E-state index contributed by atoms with van der Waals surface area (Å²) in [5.41, 5.74) is 1.68. The maximum Gasteiger partial charge on any atom is 0.673 e. The van der Waals surface area contributed by atoms with E-state index in [9.17, 15) is 22.1 Å². The van der Waals surface area contributed by atoms with E-state index in [4.69, 9.17) is 9.47 Å². The highest BCUT2D eigenvalue weighted by Gasteiger charge is 2.36. The highest BCUT2D eigenvalue weighted by Crippen LogP contribution is 2.39. The maximum absolute atomic E-state index is 12.1. The SMILES string of the molecule is CCCCCCCCCCCCCCCCCC([SH2+])(CCC)c1ccc(C(=O)OCC)cc1OC.F[B-](F)(F)F. The number of hydrogen-bond acceptors (Lipinski definition) is 3. The highest BCUT2D eigenvalue weighted by atomic mass is 32.1. The fourth-order valence-electron chi connectivity index (χ4n) is 5.05. The molecular weight excluding hydrogens is 539 g/mol. The molecule has 0 aromatic heterocycles. The van der Waals surface area contributed by atoms with E-state index in [1.54, 1.807) is 7.11 Å². The summed E-state index contributed by atoms with van der Waals surface area (Å²) in [6, 6.07) is 5.73. The van der Waals surface area contributed by atoms with Crippen molar-refractivity contribution in [3.05, 3.63) is 29.3 Å². The predicted octanol–water partition coefficient (Wildman–Crippen LogP) is 10.4. The molecule has 0 aliphatic rings. The second kappa shape index (κ2) is 23.2. The van der Waals surface area contributed by atoms with Crippen molar-refractivity contribution in [2.24, 2.45) is 0 Å². The summed E-state index contributed by atoms with van der Waals surface area (Å²) in [6.45, 7) is 6.71. The first-order chi connectivity index (χ1) is 19.0. The molecule has 1 aromatic rings. The van der Waals surface area contributed by atoms with Crippen LogP contribution in [0.25, 0.3) is 0 Å². The number of unbranched alkanes of at least 4 members (excludes halogenated alkanes) is 14. The Bertz CT molecular complexity index is 773. The molecule has 1 rings (SSSR count). The molecule has 3 nitrogen and oxygen atoms in total. The van der Waals surface area contributed by atoms with Crippen LogP contribution in [0.1, 0.15) is 152 Å². The van der Waals surface area contributed by atoms with Crippen molar-refractivity contribution in [3.8, 4) is 5.75 Å². The molecule has 0 bridgehead atoms. The van der Waals surface area contributed by atoms with Crippen molar-refractivity contribution >= 4 is 25.9 Å². The molecule has 0 spiro atoms. The van der Waals surface area contributed by atoms with Gasteiger partial charge in [-0.3, -0.25) is 0 Å². The van der Waals surface area contributed by atoms with Crippen molar-refractivity contribution in [3.63, 3.8) is 0 Å². The first kappa shape index (κ1) is 38.6. The van der Waals surface area contributed by atoms with Crippen LogP contribution in [-0.2, 0) is 22.1 Å². The molecule has 0 aliphatic heterocycles. The number of methoxy groups -OCH3 is 1. The summed E-state index contributed by atoms with van der Waals surface area (Å²) < 4.78 is 49.7. The number of hydrogen-bond donors (Lipinski definition) is 0. The lowest BCUT2D eigenvalue weighted by atomic mass is 9.86. The van der Waals surface area contributed by atoms with Crippen LogP contribution in [0.3, 0.4) is 0 Å². The number of rotatable bonds is 22. The van der Waals surface area contributed by atoms with Gasteiger partial charge in [0.25, 0.3) is 0 Å². The lowest BCUT2D eigenvalue weighted by Crippen LogP contribution is -2.24. The monoisotopic (exact) mass is 594 g/mol. The molecule has 0 saturated carbocycles. The first-order valence-corrected chi connectivity index (χ1v) is 16.0. The quantitative estimate of drug-likeness (QED) is 0.0441. The van der Waals surface area contributed by atoms with E-state index >= 15 is 0 Å². The molecule has 0 heterocycles. The van der Waals surface area contributed by atoms with Crippen LogP contribution in [0, 0.1) is 0 Å². The predicted molar refractivity (Wildman–Crippen MR) is 165 cm³/mol. The largest absolute Gasteiger partial charge is 0.673 e. The summed E-state index contributed by atoms with van der Waals surface area (Å²) in [6.07, 6.45) is 23.9. The molecule has 0 amide bonds. The molecule has 0 fully saturated rings. The lowest BCUT2D eigenvalue weighted by Gasteiger charge is -2.25. The molecular formula is C31H55BF4O3S. The van der Waals surface area contributed by atoms with Gasteiger partial charge in [-0.2, -0.15) is 0 Å². The Labute approximate surface area is 247 Å². The molecule has 1 atom stereocenters. The van der Waals surface area contributed by atoms with Crippen LogP contribution >= 0.6 is 0 Å². The van der Waals surface area contributed by atoms with Crippen LogP contribution in [0.2, 0.25) is 0 Å². The average Bonchev–Trinajstić information content (AvgIpc) is 2.90. The normalized spacial score (nSPS) is 12.8. The third-order valence-corrected chi connectivity index (χ3v) is 7.88. The fraction of sp³-hybridized carbons (Fsp3) is 0.774. The summed E-state index contributed by atoms with van der Waals surface area (Å²) in [7, 11) is -4.32. The minimum atomic E-state index is -6.00. The second-order valence-electron chi connectivity index (χ2n) is 10.7. The Kier molecular flexibility index (Phi) is 22.4. The second-order valence-corrected chi connectivity index (χ2v) is 11.6. The molecule has 1 unspecified atom stereocenters. The van der Waals surface area contributed by atoms with Crippen LogP contribution in [0.5, 0.6) is 5.75 Å². The molecule has 1 aromatic carbocycles. The molecule has 9 heteroatoms. The van der Waals surface area contributed by atoms with E-state index in [1.165, 1.54) is 96.3 Å². The molecule has 0 N–H and O–H groups in total. The Morgan fingerprint density at radius 1 is 0.750 bits per heavy atom. The van der Waals surface area contributed by atoms with E-state index in [2.05, 4.69) is 26.5 Å². The van der Waals surface area contributed by atoms with Crippen LogP contribution in [0.4, 0.5) is 17.3 Å². The Hall–Kier alpha value is -1.38. The summed E-state index contributed by atoms with van der Waals surface area (Å²) in [5.74, 6) is 0.467. The van der Waals surface area contributed by atoms with Gasteiger partial charge < -0.3 is 26.7 Å². The van der Waals surface area contributed by atoms with Gasteiger partial charge in [-0.1, -0.05) is 110 Å². The lowest BCUT2D eigenvalue weighted by molar-refractivity contribution is 0.0526. The van der Waals surface area contributed by atoms with Gasteiger partial charge >= 0.3 is 13.2 Å². The Balaban J connectivity index is 0.00000277. The third kappa shape index (κ3) is 19.7. The van der Waals surface area contributed by atoms with Crippen molar-refractivity contribution in [1.29, 1.82) is 0 Å². The summed E-state index contributed by atoms with van der Waals surface area (Å²) in [4.78, 5) is 12.1. The fourth-order valence-corrected chi connectivity index (χ4v) is 5.68. The zero-order chi connectivity index (χ0) is 30.3. The number of carbonyl (C=O) groups excluding carboxylic acids is 1. The number of benzene rings is 1. The summed E-state index contributed by atoms with van der Waals surface area (Å²) >= 11 is 4.15. The molecule has 234 valence electrons. The van der Waals surface area contributed by atoms with Gasteiger partial charge in [0.2, 0.25) is 0 Å². The van der Waals surface area contributed by atoms with Gasteiger partial charge in [-0.25, -0.2) is 4.79 Å². The standard InChI is InChI=1S/C31H54O3S.BF4/c1-5-8-9-10-11-12-13-14-15-16-17-18-19-20-21-25-31(35,24-6-2)28-23-22-27(26-29(28)33-4)30(32)34-7-3;2-1(3,4)5/h22-23,26,35H,5-21,24-25H2,1-4H3;/q;-1/p+1. The van der Waals surface area contributed by atoms with Gasteiger partial charge in [0.15, 0.2) is 4.75 Å². The van der Waals surface area contributed by atoms with Crippen molar-refractivity contribution in [2.45, 2.75) is 141 Å². The van der Waals surface area contributed by atoms with E-state index in [0.29, 0.717) is 12.2 Å². The number of esters is 1. The van der Waals surface area contributed by atoms with Crippen LogP contribution in [0.15, 0.2) is 18.2 Å². The number of halogens is 4.